The van der Waals surface area contributed by atoms with Crippen molar-refractivity contribution in [2.75, 3.05) is 0 Å². The predicted octanol–water partition coefficient (Wildman–Crippen LogP) is 2.31. The Morgan fingerprint density at radius 3 is 2.67 bits per heavy atom. The molecule has 3 nitrogen and oxygen atoms in total. The molecule has 0 aliphatic heterocycles. The van der Waals surface area contributed by atoms with E-state index in [0.29, 0.717) is 5.82 Å². The number of aromatic nitrogens is 2. The van der Waals surface area contributed by atoms with Crippen LogP contribution in [0.5, 0.6) is 0 Å². The standard InChI is InChI=1S/C9H9F3N2O/c1-6-13-5-3-7(14-6)8(15)2-4-9(10,11)12/h3,5H,2,4H2,1H3. The van der Waals surface area contributed by atoms with E-state index in [2.05, 4.69) is 9.97 Å². The fourth-order valence-corrected chi connectivity index (χ4v) is 0.995. The molecule has 6 heteroatoms. The molecule has 1 rings (SSSR count). The monoisotopic (exact) mass is 218 g/mol. The number of hydrogen-bond donors (Lipinski definition) is 0. The van der Waals surface area contributed by atoms with E-state index in [1.165, 1.54) is 12.3 Å². The zero-order valence-electron chi connectivity index (χ0n) is 8.01. The van der Waals surface area contributed by atoms with Gasteiger partial charge in [0.25, 0.3) is 0 Å². The van der Waals surface area contributed by atoms with E-state index in [1.807, 2.05) is 0 Å². The number of carbonyl (C=O) groups excluding carboxylic acids is 1. The highest BCUT2D eigenvalue weighted by Crippen LogP contribution is 2.22. The van der Waals surface area contributed by atoms with E-state index in [1.54, 1.807) is 6.92 Å². The Balaban J connectivity index is 2.62. The number of carbonyl (C=O) groups is 1. The number of halogens is 3. The Hall–Kier alpha value is -1.46. The van der Waals surface area contributed by atoms with Crippen LogP contribution < -0.4 is 0 Å². The Morgan fingerprint density at radius 2 is 2.13 bits per heavy atom. The van der Waals surface area contributed by atoms with Gasteiger partial charge in [-0.2, -0.15) is 13.2 Å². The van der Waals surface area contributed by atoms with Gasteiger partial charge in [-0.1, -0.05) is 0 Å². The third-order valence-electron chi connectivity index (χ3n) is 1.70. The Kier molecular flexibility index (Phi) is 3.39. The molecule has 0 fully saturated rings. The van der Waals surface area contributed by atoms with E-state index in [9.17, 15) is 18.0 Å². The molecule has 0 radical (unpaired) electrons. The summed E-state index contributed by atoms with van der Waals surface area (Å²) in [4.78, 5) is 18.7. The largest absolute Gasteiger partial charge is 0.389 e. The van der Waals surface area contributed by atoms with Gasteiger partial charge >= 0.3 is 6.18 Å². The number of aryl methyl sites for hydroxylation is 1. The first-order valence-electron chi connectivity index (χ1n) is 4.28. The molecule has 0 saturated heterocycles. The van der Waals surface area contributed by atoms with Crippen molar-refractivity contribution in [1.82, 2.24) is 9.97 Å². The first-order valence-corrected chi connectivity index (χ1v) is 4.28. The van der Waals surface area contributed by atoms with Gasteiger partial charge in [0.1, 0.15) is 11.5 Å². The number of ketones is 1. The second-order valence-corrected chi connectivity index (χ2v) is 3.03. The fourth-order valence-electron chi connectivity index (χ4n) is 0.995. The van der Waals surface area contributed by atoms with Gasteiger partial charge in [0.2, 0.25) is 0 Å². The number of rotatable bonds is 3. The van der Waals surface area contributed by atoms with Crippen LogP contribution in [-0.2, 0) is 0 Å². The molecule has 82 valence electrons. The summed E-state index contributed by atoms with van der Waals surface area (Å²) >= 11 is 0. The number of alkyl halides is 3. The van der Waals surface area contributed by atoms with Crippen LogP contribution in [0.15, 0.2) is 12.3 Å². The zero-order valence-corrected chi connectivity index (χ0v) is 8.01. The molecule has 0 aliphatic carbocycles. The lowest BCUT2D eigenvalue weighted by Crippen LogP contribution is -2.12. The molecule has 0 bridgehead atoms. The summed E-state index contributed by atoms with van der Waals surface area (Å²) in [6.07, 6.45) is -4.64. The van der Waals surface area contributed by atoms with Gasteiger partial charge in [-0.05, 0) is 13.0 Å². The quantitative estimate of drug-likeness (QED) is 0.731. The molecule has 15 heavy (non-hydrogen) atoms. The molecule has 1 aromatic heterocycles. The van der Waals surface area contributed by atoms with Crippen molar-refractivity contribution >= 4 is 5.78 Å². The fraction of sp³-hybridized carbons (Fsp3) is 0.444. The van der Waals surface area contributed by atoms with Gasteiger partial charge in [-0.25, -0.2) is 9.97 Å². The van der Waals surface area contributed by atoms with E-state index in [0.717, 1.165) is 0 Å². The maximum Gasteiger partial charge on any atom is 0.389 e. The molecule has 0 spiro atoms. The van der Waals surface area contributed by atoms with Crippen molar-refractivity contribution in [3.63, 3.8) is 0 Å². The molecule has 1 heterocycles. The van der Waals surface area contributed by atoms with Crippen LogP contribution in [0.2, 0.25) is 0 Å². The van der Waals surface area contributed by atoms with Gasteiger partial charge in [-0.3, -0.25) is 4.79 Å². The maximum absolute atomic E-state index is 11.8. The zero-order chi connectivity index (χ0) is 11.5. The molecule has 0 N–H and O–H groups in total. The minimum atomic E-state index is -4.31. The SMILES string of the molecule is Cc1nccc(C(=O)CCC(F)(F)F)n1. The Bertz CT molecular complexity index is 363. The second kappa shape index (κ2) is 4.37. The normalized spacial score (nSPS) is 11.5. The molecule has 0 aromatic carbocycles. The van der Waals surface area contributed by atoms with E-state index in [4.69, 9.17) is 0 Å². The van der Waals surface area contributed by atoms with Gasteiger partial charge in [0, 0.05) is 12.6 Å². The Labute approximate surface area is 84.4 Å². The lowest BCUT2D eigenvalue weighted by molar-refractivity contribution is -0.133. The Morgan fingerprint density at radius 1 is 1.47 bits per heavy atom. The van der Waals surface area contributed by atoms with Gasteiger partial charge in [-0.15, -0.1) is 0 Å². The van der Waals surface area contributed by atoms with Gasteiger partial charge in [0.15, 0.2) is 5.78 Å². The average Bonchev–Trinajstić information content (AvgIpc) is 2.13. The highest BCUT2D eigenvalue weighted by molar-refractivity contribution is 5.94. The summed E-state index contributed by atoms with van der Waals surface area (Å²) in [7, 11) is 0. The number of hydrogen-bond acceptors (Lipinski definition) is 3. The first-order chi connectivity index (χ1) is 6.88. The summed E-state index contributed by atoms with van der Waals surface area (Å²) in [5, 5.41) is 0. The topological polar surface area (TPSA) is 42.9 Å². The molecule has 0 amide bonds. The summed E-state index contributed by atoms with van der Waals surface area (Å²) < 4.78 is 35.5. The third kappa shape index (κ3) is 4.05. The summed E-state index contributed by atoms with van der Waals surface area (Å²) in [5.41, 5.74) is 0.0340. The molecule has 0 unspecified atom stereocenters. The molecule has 0 atom stereocenters. The van der Waals surface area contributed by atoms with Crippen molar-refractivity contribution < 1.29 is 18.0 Å². The minimum absolute atomic E-state index is 0.0340. The lowest BCUT2D eigenvalue weighted by atomic mass is 10.1. The molecule has 1 aromatic rings. The molecular weight excluding hydrogens is 209 g/mol. The van der Waals surface area contributed by atoms with Crippen LogP contribution in [0.1, 0.15) is 29.2 Å². The molecule has 0 aliphatic rings. The van der Waals surface area contributed by atoms with E-state index in [-0.39, 0.29) is 5.69 Å². The summed E-state index contributed by atoms with van der Waals surface area (Å²) in [5.74, 6) is -0.245. The highest BCUT2D eigenvalue weighted by Gasteiger charge is 2.28. The summed E-state index contributed by atoms with van der Waals surface area (Å²) in [6, 6.07) is 1.31. The van der Waals surface area contributed by atoms with Gasteiger partial charge < -0.3 is 0 Å². The van der Waals surface area contributed by atoms with Gasteiger partial charge in [0.05, 0.1) is 6.42 Å². The van der Waals surface area contributed by atoms with Crippen LogP contribution in [0.3, 0.4) is 0 Å². The van der Waals surface area contributed by atoms with Crippen LogP contribution >= 0.6 is 0 Å². The average molecular weight is 218 g/mol. The van der Waals surface area contributed by atoms with Crippen LogP contribution in [0.4, 0.5) is 13.2 Å². The van der Waals surface area contributed by atoms with Crippen molar-refractivity contribution in [3.05, 3.63) is 23.8 Å². The number of Topliss-reactive ketones (excluding diaryl/α,β-unsaturated/α-hetero) is 1. The van der Waals surface area contributed by atoms with Crippen molar-refractivity contribution in [3.8, 4) is 0 Å². The lowest BCUT2D eigenvalue weighted by Gasteiger charge is -2.04. The minimum Gasteiger partial charge on any atom is -0.292 e. The van der Waals surface area contributed by atoms with Crippen molar-refractivity contribution in [1.29, 1.82) is 0 Å². The van der Waals surface area contributed by atoms with Crippen molar-refractivity contribution in [2.24, 2.45) is 0 Å². The van der Waals surface area contributed by atoms with Crippen molar-refractivity contribution in [2.45, 2.75) is 25.9 Å². The number of nitrogens with zero attached hydrogens (tertiary/aromatic N) is 2. The van der Waals surface area contributed by atoms with E-state index >= 15 is 0 Å². The van der Waals surface area contributed by atoms with Crippen LogP contribution in [-0.4, -0.2) is 21.9 Å². The maximum atomic E-state index is 11.8. The van der Waals surface area contributed by atoms with E-state index < -0.39 is 24.8 Å². The summed E-state index contributed by atoms with van der Waals surface area (Å²) in [6.45, 7) is 1.57. The second-order valence-electron chi connectivity index (χ2n) is 3.03. The molecular formula is C9H9F3N2O. The predicted molar refractivity (Wildman–Crippen MR) is 46.4 cm³/mol. The van der Waals surface area contributed by atoms with Crippen LogP contribution in [0.25, 0.3) is 0 Å². The first kappa shape index (κ1) is 11.6. The smallest absolute Gasteiger partial charge is 0.292 e. The highest BCUT2D eigenvalue weighted by atomic mass is 19.4. The van der Waals surface area contributed by atoms with Crippen LogP contribution in [0, 0.1) is 6.92 Å². The molecule has 0 saturated carbocycles. The third-order valence-corrected chi connectivity index (χ3v) is 1.70.